The van der Waals surface area contributed by atoms with E-state index in [1.165, 1.54) is 0 Å². The van der Waals surface area contributed by atoms with E-state index in [2.05, 4.69) is 28.7 Å². The van der Waals surface area contributed by atoms with Gasteiger partial charge in [-0.1, -0.05) is 6.92 Å². The van der Waals surface area contributed by atoms with Gasteiger partial charge >= 0.3 is 0 Å². The molecule has 2 atom stereocenters. The number of anilines is 1. The SMILES string of the molecule is Cc1cc(C(=N)N)nc(N2CCC(C)CC2C)n1. The molecule has 0 radical (unpaired) electrons. The van der Waals surface area contributed by atoms with Crippen molar-refractivity contribution in [1.29, 1.82) is 5.41 Å². The zero-order chi connectivity index (χ0) is 13.3. The first-order chi connectivity index (χ1) is 8.47. The third-order valence-electron chi connectivity index (χ3n) is 3.51. The second-order valence-corrected chi connectivity index (χ2v) is 5.28. The summed E-state index contributed by atoms with van der Waals surface area (Å²) in [6, 6.07) is 2.19. The molecule has 2 unspecified atom stereocenters. The number of hydrogen-bond donors (Lipinski definition) is 2. The molecule has 3 N–H and O–H groups in total. The van der Waals surface area contributed by atoms with Crippen molar-refractivity contribution in [2.24, 2.45) is 11.7 Å². The highest BCUT2D eigenvalue weighted by Crippen LogP contribution is 2.25. The highest BCUT2D eigenvalue weighted by molar-refractivity contribution is 5.93. The fourth-order valence-electron chi connectivity index (χ4n) is 2.52. The van der Waals surface area contributed by atoms with Gasteiger partial charge in [-0.25, -0.2) is 9.97 Å². The predicted molar refractivity (Wildman–Crippen MR) is 73.0 cm³/mol. The quantitative estimate of drug-likeness (QED) is 0.616. The van der Waals surface area contributed by atoms with Gasteiger partial charge < -0.3 is 10.6 Å². The van der Waals surface area contributed by atoms with Crippen LogP contribution < -0.4 is 10.6 Å². The maximum absolute atomic E-state index is 7.49. The van der Waals surface area contributed by atoms with Gasteiger partial charge in [0.2, 0.25) is 5.95 Å². The first kappa shape index (κ1) is 12.8. The second-order valence-electron chi connectivity index (χ2n) is 5.28. The molecule has 0 saturated carbocycles. The Labute approximate surface area is 108 Å². The minimum absolute atomic E-state index is 0.000203. The molecular formula is C13H21N5. The number of amidine groups is 1. The number of nitrogen functional groups attached to an aromatic ring is 1. The zero-order valence-corrected chi connectivity index (χ0v) is 11.3. The molecule has 1 fully saturated rings. The summed E-state index contributed by atoms with van der Waals surface area (Å²) in [6.07, 6.45) is 2.32. The molecule has 1 aliphatic rings. The third kappa shape index (κ3) is 2.60. The van der Waals surface area contributed by atoms with Gasteiger partial charge in [-0.2, -0.15) is 0 Å². The molecule has 1 aromatic heterocycles. The minimum atomic E-state index is -0.000203. The molecule has 1 aromatic rings. The highest BCUT2D eigenvalue weighted by atomic mass is 15.3. The Morgan fingerprint density at radius 1 is 1.44 bits per heavy atom. The number of rotatable bonds is 2. The van der Waals surface area contributed by atoms with Gasteiger partial charge in [-0.3, -0.25) is 5.41 Å². The Bertz CT molecular complexity index is 457. The monoisotopic (exact) mass is 247 g/mol. The van der Waals surface area contributed by atoms with E-state index in [-0.39, 0.29) is 5.84 Å². The molecule has 0 aliphatic carbocycles. The number of nitrogens with zero attached hydrogens (tertiary/aromatic N) is 3. The number of nitrogens with one attached hydrogen (secondary N) is 1. The largest absolute Gasteiger partial charge is 0.382 e. The Balaban J connectivity index is 2.30. The Morgan fingerprint density at radius 3 is 2.78 bits per heavy atom. The lowest BCUT2D eigenvalue weighted by atomic mass is 9.94. The molecule has 0 aromatic carbocycles. The molecule has 0 spiro atoms. The Kier molecular flexibility index (Phi) is 3.50. The van der Waals surface area contributed by atoms with Crippen LogP contribution in [0.3, 0.4) is 0 Å². The minimum Gasteiger partial charge on any atom is -0.382 e. The number of piperidine rings is 1. The van der Waals surface area contributed by atoms with Gasteiger partial charge in [0.05, 0.1) is 0 Å². The zero-order valence-electron chi connectivity index (χ0n) is 11.3. The van der Waals surface area contributed by atoms with Crippen molar-refractivity contribution in [1.82, 2.24) is 9.97 Å². The Hall–Kier alpha value is -1.65. The van der Waals surface area contributed by atoms with Crippen molar-refractivity contribution in [2.75, 3.05) is 11.4 Å². The summed E-state index contributed by atoms with van der Waals surface area (Å²) >= 11 is 0. The van der Waals surface area contributed by atoms with E-state index in [0.29, 0.717) is 17.7 Å². The molecule has 1 saturated heterocycles. The molecular weight excluding hydrogens is 226 g/mol. The van der Waals surface area contributed by atoms with Gasteiger partial charge in [-0.05, 0) is 38.7 Å². The van der Waals surface area contributed by atoms with E-state index in [9.17, 15) is 0 Å². The van der Waals surface area contributed by atoms with Gasteiger partial charge in [-0.15, -0.1) is 0 Å². The normalized spacial score (nSPS) is 24.1. The van der Waals surface area contributed by atoms with Crippen LogP contribution in [0, 0.1) is 18.3 Å². The van der Waals surface area contributed by atoms with Crippen molar-refractivity contribution >= 4 is 11.8 Å². The van der Waals surface area contributed by atoms with Gasteiger partial charge in [0.1, 0.15) is 11.5 Å². The number of nitrogens with two attached hydrogens (primary N) is 1. The average molecular weight is 247 g/mol. The van der Waals surface area contributed by atoms with Gasteiger partial charge in [0.25, 0.3) is 0 Å². The summed E-state index contributed by atoms with van der Waals surface area (Å²) in [5, 5.41) is 7.49. The molecule has 5 nitrogen and oxygen atoms in total. The van der Waals surface area contributed by atoms with Crippen LogP contribution in [0.25, 0.3) is 0 Å². The van der Waals surface area contributed by atoms with Crippen LogP contribution in [-0.4, -0.2) is 28.4 Å². The van der Waals surface area contributed by atoms with Crippen LogP contribution in [0.5, 0.6) is 0 Å². The summed E-state index contributed by atoms with van der Waals surface area (Å²) in [6.45, 7) is 7.37. The fourth-order valence-corrected chi connectivity index (χ4v) is 2.52. The lowest BCUT2D eigenvalue weighted by molar-refractivity contribution is 0.373. The summed E-state index contributed by atoms with van der Waals surface area (Å²) < 4.78 is 0. The maximum Gasteiger partial charge on any atom is 0.226 e. The molecule has 0 amide bonds. The molecule has 0 bridgehead atoms. The first-order valence-corrected chi connectivity index (χ1v) is 6.44. The second kappa shape index (κ2) is 4.92. The van der Waals surface area contributed by atoms with E-state index in [4.69, 9.17) is 11.1 Å². The number of aryl methyl sites for hydroxylation is 1. The van der Waals surface area contributed by atoms with Crippen LogP contribution >= 0.6 is 0 Å². The summed E-state index contributed by atoms with van der Waals surface area (Å²) in [5.41, 5.74) is 6.89. The van der Waals surface area contributed by atoms with Crippen molar-refractivity contribution < 1.29 is 0 Å². The molecule has 2 heterocycles. The van der Waals surface area contributed by atoms with Crippen molar-refractivity contribution in [3.63, 3.8) is 0 Å². The molecule has 18 heavy (non-hydrogen) atoms. The Morgan fingerprint density at radius 2 is 2.17 bits per heavy atom. The van der Waals surface area contributed by atoms with Crippen LogP contribution in [0.15, 0.2) is 6.07 Å². The van der Waals surface area contributed by atoms with E-state index in [1.54, 1.807) is 6.07 Å². The summed E-state index contributed by atoms with van der Waals surface area (Å²) in [5.74, 6) is 1.47. The molecule has 5 heteroatoms. The van der Waals surface area contributed by atoms with Crippen molar-refractivity contribution in [3.8, 4) is 0 Å². The molecule has 1 aliphatic heterocycles. The van der Waals surface area contributed by atoms with E-state index in [1.807, 2.05) is 6.92 Å². The van der Waals surface area contributed by atoms with Gasteiger partial charge in [0, 0.05) is 18.3 Å². The van der Waals surface area contributed by atoms with Gasteiger partial charge in [0.15, 0.2) is 0 Å². The topological polar surface area (TPSA) is 78.9 Å². The smallest absolute Gasteiger partial charge is 0.226 e. The van der Waals surface area contributed by atoms with Crippen molar-refractivity contribution in [2.45, 2.75) is 39.7 Å². The third-order valence-corrected chi connectivity index (χ3v) is 3.51. The summed E-state index contributed by atoms with van der Waals surface area (Å²) in [4.78, 5) is 11.1. The molecule has 98 valence electrons. The van der Waals surface area contributed by atoms with E-state index >= 15 is 0 Å². The first-order valence-electron chi connectivity index (χ1n) is 6.44. The standard InChI is InChI=1S/C13H21N5/c1-8-4-5-18(10(3)6-8)13-16-9(2)7-11(17-13)12(14)15/h7-8,10H,4-6H2,1-3H3,(H3,14,15). The molecule has 2 rings (SSSR count). The van der Waals surface area contributed by atoms with Crippen LogP contribution in [0.4, 0.5) is 5.95 Å². The highest BCUT2D eigenvalue weighted by Gasteiger charge is 2.25. The van der Waals surface area contributed by atoms with E-state index < -0.39 is 0 Å². The lowest BCUT2D eigenvalue weighted by Gasteiger charge is -2.36. The van der Waals surface area contributed by atoms with Crippen LogP contribution in [0.1, 0.15) is 38.1 Å². The predicted octanol–water partition coefficient (Wildman–Crippen LogP) is 1.69. The van der Waals surface area contributed by atoms with Crippen molar-refractivity contribution in [3.05, 3.63) is 17.5 Å². The number of hydrogen-bond acceptors (Lipinski definition) is 4. The fraction of sp³-hybridized carbons (Fsp3) is 0.615. The lowest BCUT2D eigenvalue weighted by Crippen LogP contribution is -2.41. The summed E-state index contributed by atoms with van der Waals surface area (Å²) in [7, 11) is 0. The average Bonchev–Trinajstić information content (AvgIpc) is 2.27. The van der Waals surface area contributed by atoms with Crippen LogP contribution in [-0.2, 0) is 0 Å². The van der Waals surface area contributed by atoms with E-state index in [0.717, 1.165) is 31.0 Å². The van der Waals surface area contributed by atoms with Crippen LogP contribution in [0.2, 0.25) is 0 Å². The maximum atomic E-state index is 7.49. The number of aromatic nitrogens is 2.